The maximum Gasteiger partial charge on any atom is 0.225 e. The molecule has 126 valence electrons. The molecular formula is C18H19Cl2N3S. The van der Waals surface area contributed by atoms with Crippen molar-refractivity contribution in [2.45, 2.75) is 26.7 Å². The van der Waals surface area contributed by atoms with Crippen molar-refractivity contribution in [2.75, 3.05) is 18.5 Å². The molecule has 0 spiro atoms. The van der Waals surface area contributed by atoms with Gasteiger partial charge in [-0.2, -0.15) is 4.98 Å². The van der Waals surface area contributed by atoms with Crippen LogP contribution in [0.1, 0.15) is 24.6 Å². The van der Waals surface area contributed by atoms with Crippen LogP contribution in [0, 0.1) is 6.92 Å². The largest absolute Gasteiger partial charge is 0.359 e. The van der Waals surface area contributed by atoms with Crippen molar-refractivity contribution in [3.63, 3.8) is 0 Å². The van der Waals surface area contributed by atoms with Crippen LogP contribution in [-0.4, -0.2) is 23.6 Å². The third-order valence-corrected chi connectivity index (χ3v) is 5.44. The normalized spacial score (nSPS) is 11.2. The molecule has 3 nitrogen and oxygen atoms in total. The molecule has 3 rings (SSSR count). The molecule has 0 unspecified atom stereocenters. The van der Waals surface area contributed by atoms with E-state index in [1.54, 1.807) is 11.3 Å². The number of thiophene rings is 1. The molecule has 3 aromatic rings. The zero-order chi connectivity index (χ0) is 17.3. The number of fused-ring (bicyclic) bond motifs is 1. The second-order valence-electron chi connectivity index (χ2n) is 5.81. The maximum absolute atomic E-state index is 6.17. The highest BCUT2D eigenvalue weighted by molar-refractivity contribution is 7.19. The Hall–Kier alpha value is -1.36. The number of anilines is 1. The first-order valence-corrected chi connectivity index (χ1v) is 9.52. The lowest BCUT2D eigenvalue weighted by Gasteiger charge is -2.19. The van der Waals surface area contributed by atoms with Crippen LogP contribution in [-0.2, 0) is 0 Å². The maximum atomic E-state index is 6.17. The van der Waals surface area contributed by atoms with Gasteiger partial charge in [0, 0.05) is 29.1 Å². The van der Waals surface area contributed by atoms with Crippen molar-refractivity contribution in [1.82, 2.24) is 9.97 Å². The molecule has 0 saturated heterocycles. The number of halogens is 2. The average Bonchev–Trinajstić information content (AvgIpc) is 2.88. The summed E-state index contributed by atoms with van der Waals surface area (Å²) in [5, 5.41) is 2.10. The van der Waals surface area contributed by atoms with E-state index >= 15 is 0 Å². The molecule has 0 saturated carbocycles. The molecule has 0 radical (unpaired) electrons. The number of benzene rings is 1. The van der Waals surface area contributed by atoms with Gasteiger partial charge in [0.25, 0.3) is 0 Å². The first-order chi connectivity index (χ1) is 11.5. The quantitative estimate of drug-likeness (QED) is 0.493. The van der Waals surface area contributed by atoms with E-state index in [0.717, 1.165) is 46.0 Å². The number of rotatable bonds is 5. The number of hydrogen-bond donors (Lipinski definition) is 0. The van der Waals surface area contributed by atoms with Gasteiger partial charge in [0.15, 0.2) is 0 Å². The van der Waals surface area contributed by atoms with Gasteiger partial charge < -0.3 is 4.90 Å². The Morgan fingerprint density at radius 2 is 1.83 bits per heavy atom. The van der Waals surface area contributed by atoms with Crippen molar-refractivity contribution in [3.8, 4) is 11.1 Å². The van der Waals surface area contributed by atoms with Crippen LogP contribution in [0.5, 0.6) is 0 Å². The van der Waals surface area contributed by atoms with E-state index in [1.165, 1.54) is 10.4 Å². The van der Waals surface area contributed by atoms with Gasteiger partial charge in [-0.15, -0.1) is 11.3 Å². The Morgan fingerprint density at radius 1 is 1.12 bits per heavy atom. The first-order valence-electron chi connectivity index (χ1n) is 7.95. The fourth-order valence-corrected chi connectivity index (χ4v) is 4.19. The number of nitrogens with zero attached hydrogens (tertiary/aromatic N) is 3. The minimum Gasteiger partial charge on any atom is -0.359 e. The molecule has 0 atom stereocenters. The summed E-state index contributed by atoms with van der Waals surface area (Å²) in [6.45, 7) is 5.23. The van der Waals surface area contributed by atoms with E-state index in [9.17, 15) is 0 Å². The van der Waals surface area contributed by atoms with E-state index in [0.29, 0.717) is 5.28 Å². The predicted molar refractivity (Wildman–Crippen MR) is 106 cm³/mol. The van der Waals surface area contributed by atoms with Gasteiger partial charge in [0.2, 0.25) is 5.28 Å². The third kappa shape index (κ3) is 3.37. The van der Waals surface area contributed by atoms with Crippen molar-refractivity contribution in [1.29, 1.82) is 0 Å². The smallest absolute Gasteiger partial charge is 0.225 e. The van der Waals surface area contributed by atoms with E-state index in [4.69, 9.17) is 23.2 Å². The number of aromatic nitrogens is 2. The Kier molecular flexibility index (Phi) is 5.28. The van der Waals surface area contributed by atoms with Gasteiger partial charge >= 0.3 is 0 Å². The Labute approximate surface area is 156 Å². The molecule has 0 aliphatic carbocycles. The van der Waals surface area contributed by atoms with Crippen LogP contribution in [0.2, 0.25) is 10.3 Å². The summed E-state index contributed by atoms with van der Waals surface area (Å²) in [4.78, 5) is 13.3. The highest BCUT2D eigenvalue weighted by atomic mass is 35.5. The monoisotopic (exact) mass is 379 g/mol. The molecule has 0 aliphatic heterocycles. The zero-order valence-electron chi connectivity index (χ0n) is 13.9. The average molecular weight is 380 g/mol. The summed E-state index contributed by atoms with van der Waals surface area (Å²) in [5.74, 6) is 0.896. The van der Waals surface area contributed by atoms with E-state index in [-0.39, 0.29) is 0 Å². The van der Waals surface area contributed by atoms with Crippen molar-refractivity contribution in [3.05, 3.63) is 39.4 Å². The Bertz CT molecular complexity index is 859. The summed E-state index contributed by atoms with van der Waals surface area (Å²) < 4.78 is 0. The molecule has 1 aromatic carbocycles. The van der Waals surface area contributed by atoms with E-state index in [1.807, 2.05) is 24.3 Å². The standard InChI is InChI=1S/C18H19Cl2N3S/c1-4-5-10-23(3)16-15-14(12-6-8-13(19)9-7-12)11(2)24-17(15)22-18(20)21-16/h6-9H,4-5,10H2,1-3H3. The minimum atomic E-state index is 0.296. The first kappa shape index (κ1) is 17.5. The lowest BCUT2D eigenvalue weighted by atomic mass is 10.0. The van der Waals surface area contributed by atoms with Crippen LogP contribution in [0.3, 0.4) is 0 Å². The fourth-order valence-electron chi connectivity index (χ4n) is 2.81. The molecular weight excluding hydrogens is 361 g/mol. The molecule has 6 heteroatoms. The van der Waals surface area contributed by atoms with Crippen LogP contribution >= 0.6 is 34.5 Å². The topological polar surface area (TPSA) is 29.0 Å². The number of unbranched alkanes of at least 4 members (excludes halogenated alkanes) is 1. The minimum absolute atomic E-state index is 0.296. The van der Waals surface area contributed by atoms with Crippen LogP contribution in [0.4, 0.5) is 5.82 Å². The predicted octanol–water partition coefficient (Wildman–Crippen LogP) is 6.21. The lowest BCUT2D eigenvalue weighted by molar-refractivity contribution is 0.761. The van der Waals surface area contributed by atoms with Crippen LogP contribution < -0.4 is 4.90 Å². The molecule has 0 N–H and O–H groups in total. The fraction of sp³-hybridized carbons (Fsp3) is 0.333. The summed E-state index contributed by atoms with van der Waals surface area (Å²) >= 11 is 13.9. The van der Waals surface area contributed by atoms with Gasteiger partial charge in [0.05, 0.1) is 5.39 Å². The highest BCUT2D eigenvalue weighted by Gasteiger charge is 2.20. The summed E-state index contributed by atoms with van der Waals surface area (Å²) in [6.07, 6.45) is 2.25. The van der Waals surface area contributed by atoms with Crippen molar-refractivity contribution in [2.24, 2.45) is 0 Å². The van der Waals surface area contributed by atoms with E-state index in [2.05, 4.69) is 35.8 Å². The summed E-state index contributed by atoms with van der Waals surface area (Å²) in [6, 6.07) is 7.91. The molecule has 2 heterocycles. The number of aryl methyl sites for hydroxylation is 1. The van der Waals surface area contributed by atoms with Crippen molar-refractivity contribution < 1.29 is 0 Å². The SMILES string of the molecule is CCCCN(C)c1nc(Cl)nc2sc(C)c(-c3ccc(Cl)cc3)c12. The molecule has 24 heavy (non-hydrogen) atoms. The summed E-state index contributed by atoms with van der Waals surface area (Å²) in [5.41, 5.74) is 2.29. The molecule has 0 amide bonds. The third-order valence-electron chi connectivity index (χ3n) is 4.02. The second-order valence-corrected chi connectivity index (χ2v) is 7.79. The van der Waals surface area contributed by atoms with Gasteiger partial charge in [0.1, 0.15) is 10.6 Å². The molecule has 0 aliphatic rings. The molecule has 2 aromatic heterocycles. The Morgan fingerprint density at radius 3 is 2.50 bits per heavy atom. The van der Waals surface area contributed by atoms with Gasteiger partial charge in [-0.1, -0.05) is 37.1 Å². The summed E-state index contributed by atoms with van der Waals surface area (Å²) in [7, 11) is 2.06. The van der Waals surface area contributed by atoms with Crippen LogP contribution in [0.15, 0.2) is 24.3 Å². The second kappa shape index (κ2) is 7.26. The van der Waals surface area contributed by atoms with Crippen molar-refractivity contribution >= 4 is 50.6 Å². The Balaban J connectivity index is 2.22. The molecule has 0 bridgehead atoms. The van der Waals surface area contributed by atoms with Gasteiger partial charge in [-0.3, -0.25) is 0 Å². The molecule has 0 fully saturated rings. The van der Waals surface area contributed by atoms with Gasteiger partial charge in [-0.05, 0) is 42.6 Å². The highest BCUT2D eigenvalue weighted by Crippen LogP contribution is 2.42. The van der Waals surface area contributed by atoms with Crippen LogP contribution in [0.25, 0.3) is 21.3 Å². The number of hydrogen-bond acceptors (Lipinski definition) is 4. The zero-order valence-corrected chi connectivity index (χ0v) is 16.3. The van der Waals surface area contributed by atoms with Gasteiger partial charge in [-0.25, -0.2) is 4.98 Å². The lowest BCUT2D eigenvalue weighted by Crippen LogP contribution is -2.20. The van der Waals surface area contributed by atoms with E-state index < -0.39 is 0 Å².